The van der Waals surface area contributed by atoms with E-state index in [9.17, 15) is 4.79 Å². The van der Waals surface area contributed by atoms with E-state index >= 15 is 0 Å². The summed E-state index contributed by atoms with van der Waals surface area (Å²) in [5.41, 5.74) is 1.90. The van der Waals surface area contributed by atoms with Gasteiger partial charge in [-0.2, -0.15) is 0 Å². The standard InChI is InChI=1S/C15H17NOS2/c1-10(2)15-16-13(9-19-15)8-18-14-6-4-12(5-7-14)11(3)17/h4-7,9-10H,8H2,1-3H3. The van der Waals surface area contributed by atoms with E-state index in [-0.39, 0.29) is 5.78 Å². The topological polar surface area (TPSA) is 30.0 Å². The maximum Gasteiger partial charge on any atom is 0.159 e. The van der Waals surface area contributed by atoms with Gasteiger partial charge in [-0.05, 0) is 19.1 Å². The number of hydrogen-bond acceptors (Lipinski definition) is 4. The van der Waals surface area contributed by atoms with E-state index in [1.807, 2.05) is 24.3 Å². The third-order valence-electron chi connectivity index (χ3n) is 2.71. The highest BCUT2D eigenvalue weighted by molar-refractivity contribution is 7.98. The van der Waals surface area contributed by atoms with Gasteiger partial charge >= 0.3 is 0 Å². The lowest BCUT2D eigenvalue weighted by Crippen LogP contribution is -1.90. The SMILES string of the molecule is CC(=O)c1ccc(SCc2csc(C(C)C)n2)cc1. The highest BCUT2D eigenvalue weighted by atomic mass is 32.2. The van der Waals surface area contributed by atoms with Crippen molar-refractivity contribution in [3.63, 3.8) is 0 Å². The number of thiazole rings is 1. The fourth-order valence-corrected chi connectivity index (χ4v) is 3.33. The normalized spacial score (nSPS) is 10.9. The molecule has 0 bridgehead atoms. The summed E-state index contributed by atoms with van der Waals surface area (Å²) in [5, 5.41) is 3.33. The van der Waals surface area contributed by atoms with Crippen LogP contribution in [-0.2, 0) is 5.75 Å². The number of carbonyl (C=O) groups excluding carboxylic acids is 1. The lowest BCUT2D eigenvalue weighted by molar-refractivity contribution is 0.101. The molecule has 0 saturated heterocycles. The van der Waals surface area contributed by atoms with Gasteiger partial charge in [0.1, 0.15) is 0 Å². The molecule has 19 heavy (non-hydrogen) atoms. The summed E-state index contributed by atoms with van der Waals surface area (Å²) in [6.07, 6.45) is 0. The van der Waals surface area contributed by atoms with Crippen LogP contribution in [0.15, 0.2) is 34.5 Å². The second kappa shape index (κ2) is 6.35. The van der Waals surface area contributed by atoms with Gasteiger partial charge in [0, 0.05) is 27.5 Å². The minimum atomic E-state index is 0.109. The van der Waals surface area contributed by atoms with Crippen LogP contribution < -0.4 is 0 Å². The van der Waals surface area contributed by atoms with Crippen molar-refractivity contribution in [3.05, 3.63) is 45.9 Å². The van der Waals surface area contributed by atoms with Gasteiger partial charge in [0.2, 0.25) is 0 Å². The summed E-state index contributed by atoms with van der Waals surface area (Å²) >= 11 is 3.48. The zero-order valence-corrected chi connectivity index (χ0v) is 13.0. The third-order valence-corrected chi connectivity index (χ3v) is 4.95. The molecule has 0 aliphatic rings. The molecule has 0 spiro atoms. The highest BCUT2D eigenvalue weighted by Gasteiger charge is 2.06. The van der Waals surface area contributed by atoms with Crippen LogP contribution in [0, 0.1) is 0 Å². The molecule has 0 unspecified atom stereocenters. The van der Waals surface area contributed by atoms with E-state index in [2.05, 4.69) is 24.2 Å². The highest BCUT2D eigenvalue weighted by Crippen LogP contribution is 2.26. The molecule has 0 saturated carbocycles. The molecular formula is C15H17NOS2. The van der Waals surface area contributed by atoms with Crippen molar-refractivity contribution in [2.45, 2.75) is 37.3 Å². The number of thioether (sulfide) groups is 1. The van der Waals surface area contributed by atoms with E-state index in [0.717, 1.165) is 17.0 Å². The predicted octanol–water partition coefficient (Wildman–Crippen LogP) is 4.76. The molecule has 2 rings (SSSR count). The Kier molecular flexibility index (Phi) is 4.77. The molecule has 2 aromatic rings. The average molecular weight is 291 g/mol. The van der Waals surface area contributed by atoms with Crippen LogP contribution in [0.1, 0.15) is 47.7 Å². The average Bonchev–Trinajstić information content (AvgIpc) is 2.86. The zero-order chi connectivity index (χ0) is 13.8. The van der Waals surface area contributed by atoms with E-state index in [1.165, 1.54) is 9.90 Å². The van der Waals surface area contributed by atoms with Crippen molar-refractivity contribution >= 4 is 28.9 Å². The number of aromatic nitrogens is 1. The van der Waals surface area contributed by atoms with Crippen molar-refractivity contribution in [1.29, 1.82) is 0 Å². The zero-order valence-electron chi connectivity index (χ0n) is 11.3. The summed E-state index contributed by atoms with van der Waals surface area (Å²) in [7, 11) is 0. The maximum atomic E-state index is 11.2. The molecule has 4 heteroatoms. The Bertz CT molecular complexity index is 558. The van der Waals surface area contributed by atoms with Crippen LogP contribution in [0.5, 0.6) is 0 Å². The van der Waals surface area contributed by atoms with Crippen molar-refractivity contribution < 1.29 is 4.79 Å². The molecule has 0 aliphatic carbocycles. The van der Waals surface area contributed by atoms with Gasteiger partial charge in [-0.3, -0.25) is 4.79 Å². The van der Waals surface area contributed by atoms with Crippen LogP contribution >= 0.6 is 23.1 Å². The summed E-state index contributed by atoms with van der Waals surface area (Å²) < 4.78 is 0. The molecule has 100 valence electrons. The van der Waals surface area contributed by atoms with E-state index in [1.54, 1.807) is 30.0 Å². The molecule has 0 aliphatic heterocycles. The maximum absolute atomic E-state index is 11.2. The van der Waals surface area contributed by atoms with Gasteiger partial charge in [0.05, 0.1) is 10.7 Å². The van der Waals surface area contributed by atoms with Crippen LogP contribution in [0.2, 0.25) is 0 Å². The van der Waals surface area contributed by atoms with E-state index in [4.69, 9.17) is 0 Å². The Balaban J connectivity index is 1.96. The number of carbonyl (C=O) groups is 1. The number of benzene rings is 1. The lowest BCUT2D eigenvalue weighted by atomic mass is 10.2. The van der Waals surface area contributed by atoms with E-state index in [0.29, 0.717) is 5.92 Å². The largest absolute Gasteiger partial charge is 0.295 e. The molecule has 0 radical (unpaired) electrons. The molecule has 0 N–H and O–H groups in total. The number of ketones is 1. The van der Waals surface area contributed by atoms with Crippen LogP contribution in [0.3, 0.4) is 0 Å². The first-order valence-corrected chi connectivity index (χ1v) is 8.11. The van der Waals surface area contributed by atoms with Gasteiger partial charge in [-0.15, -0.1) is 23.1 Å². The van der Waals surface area contributed by atoms with Gasteiger partial charge in [0.25, 0.3) is 0 Å². The van der Waals surface area contributed by atoms with Gasteiger partial charge in [-0.25, -0.2) is 4.98 Å². The quantitative estimate of drug-likeness (QED) is 0.587. The summed E-state index contributed by atoms with van der Waals surface area (Å²) in [5.74, 6) is 1.49. The van der Waals surface area contributed by atoms with E-state index < -0.39 is 0 Å². The Morgan fingerprint density at radius 1 is 1.32 bits per heavy atom. The van der Waals surface area contributed by atoms with Gasteiger partial charge in [-0.1, -0.05) is 26.0 Å². The summed E-state index contributed by atoms with van der Waals surface area (Å²) in [4.78, 5) is 17.0. The Morgan fingerprint density at radius 2 is 2.00 bits per heavy atom. The van der Waals surface area contributed by atoms with Crippen molar-refractivity contribution in [2.24, 2.45) is 0 Å². The fraction of sp³-hybridized carbons (Fsp3) is 0.333. The number of Topliss-reactive ketones (excluding diaryl/α,β-unsaturated/α-hetero) is 1. The minimum absolute atomic E-state index is 0.109. The third kappa shape index (κ3) is 3.91. The molecule has 0 atom stereocenters. The summed E-state index contributed by atoms with van der Waals surface area (Å²) in [6, 6.07) is 7.75. The van der Waals surface area contributed by atoms with Gasteiger partial charge in [0.15, 0.2) is 5.78 Å². The fourth-order valence-electron chi connectivity index (χ4n) is 1.60. The molecular weight excluding hydrogens is 274 g/mol. The van der Waals surface area contributed by atoms with Crippen LogP contribution in [-0.4, -0.2) is 10.8 Å². The molecule has 1 heterocycles. The number of hydrogen-bond donors (Lipinski definition) is 0. The monoisotopic (exact) mass is 291 g/mol. The second-order valence-electron chi connectivity index (χ2n) is 4.70. The Hall–Kier alpha value is -1.13. The second-order valence-corrected chi connectivity index (χ2v) is 6.64. The predicted molar refractivity (Wildman–Crippen MR) is 82.2 cm³/mol. The Labute approximate surface area is 122 Å². The lowest BCUT2D eigenvalue weighted by Gasteiger charge is -2.01. The molecule has 0 amide bonds. The van der Waals surface area contributed by atoms with Crippen LogP contribution in [0.25, 0.3) is 0 Å². The molecule has 1 aromatic carbocycles. The van der Waals surface area contributed by atoms with Crippen molar-refractivity contribution in [2.75, 3.05) is 0 Å². The summed E-state index contributed by atoms with van der Waals surface area (Å²) in [6.45, 7) is 5.91. The first kappa shape index (κ1) is 14.3. The number of nitrogens with zero attached hydrogens (tertiary/aromatic N) is 1. The molecule has 1 aromatic heterocycles. The van der Waals surface area contributed by atoms with Crippen LogP contribution in [0.4, 0.5) is 0 Å². The molecule has 0 fully saturated rings. The molecule has 2 nitrogen and oxygen atoms in total. The van der Waals surface area contributed by atoms with Gasteiger partial charge < -0.3 is 0 Å². The van der Waals surface area contributed by atoms with Crippen molar-refractivity contribution in [3.8, 4) is 0 Å². The first-order chi connectivity index (χ1) is 9.06. The van der Waals surface area contributed by atoms with Crippen molar-refractivity contribution in [1.82, 2.24) is 4.98 Å². The number of rotatable bonds is 5. The Morgan fingerprint density at radius 3 is 2.53 bits per heavy atom. The first-order valence-electron chi connectivity index (χ1n) is 6.24. The smallest absolute Gasteiger partial charge is 0.159 e. The minimum Gasteiger partial charge on any atom is -0.295 e.